The number of carbonyl (C=O) groups excluding carboxylic acids is 2. The number of hydroxylamine groups is 2. The standard InChI is InChI=1S/C17H20Cl2N2O3/c1-10-9-13(18)11(2)8-12(10)17(19)14(22)16(20-15(17)23)4-6-21(24-3)7-5-16/h8-9H,4-7H2,1-3H3,(H,20,23). The summed E-state index contributed by atoms with van der Waals surface area (Å²) < 4.78 is 0. The Labute approximate surface area is 151 Å². The first-order valence-electron chi connectivity index (χ1n) is 7.87. The molecule has 0 aromatic heterocycles. The van der Waals surface area contributed by atoms with E-state index in [2.05, 4.69) is 5.32 Å². The predicted octanol–water partition coefficient (Wildman–Crippen LogP) is 2.49. The molecule has 1 unspecified atom stereocenters. The molecule has 130 valence electrons. The highest BCUT2D eigenvalue weighted by molar-refractivity contribution is 6.49. The number of hydrogen-bond acceptors (Lipinski definition) is 4. The fourth-order valence-electron chi connectivity index (χ4n) is 3.59. The largest absolute Gasteiger partial charge is 0.341 e. The lowest BCUT2D eigenvalue weighted by molar-refractivity contribution is -0.157. The summed E-state index contributed by atoms with van der Waals surface area (Å²) in [6, 6.07) is 3.49. The first kappa shape index (κ1) is 17.7. The lowest BCUT2D eigenvalue weighted by atomic mass is 9.79. The highest BCUT2D eigenvalue weighted by Crippen LogP contribution is 2.45. The summed E-state index contributed by atoms with van der Waals surface area (Å²) in [6.45, 7) is 4.77. The summed E-state index contributed by atoms with van der Waals surface area (Å²) in [7, 11) is 1.60. The number of piperidine rings is 1. The number of carbonyl (C=O) groups is 2. The summed E-state index contributed by atoms with van der Waals surface area (Å²) in [5, 5.41) is 5.24. The zero-order chi connectivity index (χ0) is 17.7. The first-order valence-corrected chi connectivity index (χ1v) is 8.63. The van der Waals surface area contributed by atoms with Gasteiger partial charge in [0.2, 0.25) is 4.87 Å². The second-order valence-electron chi connectivity index (χ2n) is 6.55. The minimum absolute atomic E-state index is 0.276. The first-order chi connectivity index (χ1) is 11.2. The van der Waals surface area contributed by atoms with Gasteiger partial charge < -0.3 is 10.2 Å². The normalized spacial score (nSPS) is 26.9. The van der Waals surface area contributed by atoms with Gasteiger partial charge in [-0.25, -0.2) is 0 Å². The van der Waals surface area contributed by atoms with Crippen molar-refractivity contribution >= 4 is 34.9 Å². The van der Waals surface area contributed by atoms with E-state index in [1.54, 1.807) is 24.3 Å². The van der Waals surface area contributed by atoms with Crippen molar-refractivity contribution in [3.05, 3.63) is 33.8 Å². The molecule has 2 aliphatic rings. The van der Waals surface area contributed by atoms with Crippen LogP contribution in [-0.4, -0.2) is 42.5 Å². The Morgan fingerprint density at radius 2 is 1.79 bits per heavy atom. The maximum atomic E-state index is 13.3. The topological polar surface area (TPSA) is 58.6 Å². The number of aryl methyl sites for hydroxylation is 2. The number of ketones is 1. The molecule has 0 aliphatic carbocycles. The molecule has 2 saturated heterocycles. The molecule has 1 N–H and O–H groups in total. The molecule has 7 heteroatoms. The Balaban J connectivity index is 2.01. The number of benzene rings is 1. The van der Waals surface area contributed by atoms with Crippen molar-refractivity contribution in [2.45, 2.75) is 37.1 Å². The summed E-state index contributed by atoms with van der Waals surface area (Å²) in [5.74, 6) is -0.730. The molecule has 24 heavy (non-hydrogen) atoms. The third kappa shape index (κ3) is 2.46. The summed E-state index contributed by atoms with van der Waals surface area (Å²) in [4.78, 5) is 29.5. The summed E-state index contributed by atoms with van der Waals surface area (Å²) in [6.07, 6.45) is 0.955. The van der Waals surface area contributed by atoms with E-state index < -0.39 is 16.3 Å². The number of halogens is 2. The quantitative estimate of drug-likeness (QED) is 0.641. The van der Waals surface area contributed by atoms with Crippen LogP contribution in [0, 0.1) is 13.8 Å². The molecule has 1 aromatic carbocycles. The fraction of sp³-hybridized carbons (Fsp3) is 0.529. The monoisotopic (exact) mass is 370 g/mol. The Hall–Kier alpha value is -1.14. The number of nitrogens with zero attached hydrogens (tertiary/aromatic N) is 1. The molecule has 1 aromatic rings. The highest BCUT2D eigenvalue weighted by Gasteiger charge is 2.63. The molecule has 3 rings (SSSR count). The van der Waals surface area contributed by atoms with Gasteiger partial charge in [-0.2, -0.15) is 5.06 Å². The Morgan fingerprint density at radius 1 is 1.17 bits per heavy atom. The second kappa shape index (κ2) is 5.99. The third-order valence-electron chi connectivity index (χ3n) is 5.12. The molecule has 0 radical (unpaired) electrons. The SMILES string of the molecule is CON1CCC2(CC1)NC(=O)C(Cl)(c1cc(C)c(Cl)cc1C)C2=O. The Morgan fingerprint density at radius 3 is 2.38 bits per heavy atom. The Kier molecular flexibility index (Phi) is 4.41. The minimum atomic E-state index is -1.70. The van der Waals surface area contributed by atoms with Gasteiger partial charge in [-0.1, -0.05) is 29.3 Å². The van der Waals surface area contributed by atoms with Crippen molar-refractivity contribution in [3.63, 3.8) is 0 Å². The van der Waals surface area contributed by atoms with E-state index in [4.69, 9.17) is 28.0 Å². The maximum absolute atomic E-state index is 13.3. The summed E-state index contributed by atoms with van der Waals surface area (Å²) >= 11 is 12.8. The lowest BCUT2D eigenvalue weighted by Crippen LogP contribution is -2.54. The number of Topliss-reactive ketones (excluding diaryl/α,β-unsaturated/α-hetero) is 1. The van der Waals surface area contributed by atoms with Crippen molar-refractivity contribution in [1.82, 2.24) is 10.4 Å². The van der Waals surface area contributed by atoms with Crippen LogP contribution in [0.5, 0.6) is 0 Å². The third-order valence-corrected chi connectivity index (χ3v) is 6.08. The van der Waals surface area contributed by atoms with Crippen LogP contribution < -0.4 is 5.32 Å². The fourth-order valence-corrected chi connectivity index (χ4v) is 4.24. The van der Waals surface area contributed by atoms with E-state index >= 15 is 0 Å². The highest BCUT2D eigenvalue weighted by atomic mass is 35.5. The zero-order valence-corrected chi connectivity index (χ0v) is 15.4. The minimum Gasteiger partial charge on any atom is -0.341 e. The van der Waals surface area contributed by atoms with E-state index in [0.29, 0.717) is 36.5 Å². The van der Waals surface area contributed by atoms with Gasteiger partial charge in [0.15, 0.2) is 5.78 Å². The molecule has 2 aliphatic heterocycles. The lowest BCUT2D eigenvalue weighted by Gasteiger charge is -2.37. The number of amides is 1. The molecule has 1 atom stereocenters. The van der Waals surface area contributed by atoms with Crippen LogP contribution in [0.1, 0.15) is 29.5 Å². The molecule has 5 nitrogen and oxygen atoms in total. The van der Waals surface area contributed by atoms with Crippen LogP contribution in [-0.2, 0) is 19.3 Å². The van der Waals surface area contributed by atoms with E-state index in [1.165, 1.54) is 0 Å². The van der Waals surface area contributed by atoms with Gasteiger partial charge in [-0.05, 0) is 49.4 Å². The van der Waals surface area contributed by atoms with Crippen molar-refractivity contribution in [1.29, 1.82) is 0 Å². The van der Waals surface area contributed by atoms with Crippen molar-refractivity contribution in [2.24, 2.45) is 0 Å². The van der Waals surface area contributed by atoms with Crippen LogP contribution in [0.4, 0.5) is 0 Å². The number of hydrogen-bond donors (Lipinski definition) is 1. The molecule has 0 bridgehead atoms. The van der Waals surface area contributed by atoms with Gasteiger partial charge in [-0.15, -0.1) is 0 Å². The predicted molar refractivity (Wildman–Crippen MR) is 92.2 cm³/mol. The van der Waals surface area contributed by atoms with Gasteiger partial charge in [0.25, 0.3) is 5.91 Å². The zero-order valence-electron chi connectivity index (χ0n) is 13.9. The maximum Gasteiger partial charge on any atom is 0.254 e. The van der Waals surface area contributed by atoms with Gasteiger partial charge in [-0.3, -0.25) is 9.59 Å². The smallest absolute Gasteiger partial charge is 0.254 e. The van der Waals surface area contributed by atoms with E-state index in [9.17, 15) is 9.59 Å². The summed E-state index contributed by atoms with van der Waals surface area (Å²) in [5.41, 5.74) is 1.11. The van der Waals surface area contributed by atoms with Crippen molar-refractivity contribution in [3.8, 4) is 0 Å². The van der Waals surface area contributed by atoms with Crippen molar-refractivity contribution in [2.75, 3.05) is 20.2 Å². The molecular weight excluding hydrogens is 351 g/mol. The molecule has 0 saturated carbocycles. The van der Waals surface area contributed by atoms with Crippen LogP contribution in [0.2, 0.25) is 5.02 Å². The molecule has 1 spiro atoms. The van der Waals surface area contributed by atoms with E-state index in [1.807, 2.05) is 13.8 Å². The average Bonchev–Trinajstić information content (AvgIpc) is 2.74. The molecular formula is C17H20Cl2N2O3. The number of rotatable bonds is 2. The molecule has 2 heterocycles. The molecule has 2 fully saturated rings. The average molecular weight is 371 g/mol. The van der Waals surface area contributed by atoms with Crippen LogP contribution in [0.15, 0.2) is 12.1 Å². The van der Waals surface area contributed by atoms with Gasteiger partial charge in [0.1, 0.15) is 5.54 Å². The van der Waals surface area contributed by atoms with Gasteiger partial charge >= 0.3 is 0 Å². The van der Waals surface area contributed by atoms with Crippen LogP contribution in [0.3, 0.4) is 0 Å². The van der Waals surface area contributed by atoms with Gasteiger partial charge in [0, 0.05) is 18.1 Å². The van der Waals surface area contributed by atoms with Gasteiger partial charge in [0.05, 0.1) is 7.11 Å². The van der Waals surface area contributed by atoms with Crippen LogP contribution in [0.25, 0.3) is 0 Å². The van der Waals surface area contributed by atoms with E-state index in [0.717, 1.165) is 11.1 Å². The number of alkyl halides is 1. The second-order valence-corrected chi connectivity index (χ2v) is 7.53. The number of nitrogens with one attached hydrogen (secondary N) is 1. The Bertz CT molecular complexity index is 714. The van der Waals surface area contributed by atoms with Crippen LogP contribution >= 0.6 is 23.2 Å². The molecule has 1 amide bonds. The van der Waals surface area contributed by atoms with E-state index in [-0.39, 0.29) is 5.78 Å². The van der Waals surface area contributed by atoms with Crippen molar-refractivity contribution < 1.29 is 14.4 Å².